The largest absolute Gasteiger partial charge is 1.00 e. The van der Waals surface area contributed by atoms with Crippen LogP contribution in [0.5, 0.6) is 17.2 Å². The Labute approximate surface area is 231 Å². The van der Waals surface area contributed by atoms with Crippen LogP contribution in [0.3, 0.4) is 0 Å². The molecule has 1 heterocycles. The molecule has 6 nitrogen and oxygen atoms in total. The molecule has 1 aliphatic carbocycles. The fourth-order valence-electron chi connectivity index (χ4n) is 4.68. The van der Waals surface area contributed by atoms with Crippen LogP contribution in [0.25, 0.3) is 0 Å². The van der Waals surface area contributed by atoms with E-state index in [1.54, 1.807) is 41.3 Å². The van der Waals surface area contributed by atoms with Crippen molar-refractivity contribution >= 4 is 23.5 Å². The first-order valence-corrected chi connectivity index (χ1v) is 11.6. The topological polar surface area (TPSA) is 78.9 Å². The van der Waals surface area contributed by atoms with Crippen molar-refractivity contribution in [3.8, 4) is 17.2 Å². The molecular weight excluding hydrogens is 477 g/mol. The third kappa shape index (κ3) is 5.21. The van der Waals surface area contributed by atoms with E-state index in [1.807, 2.05) is 19.2 Å². The van der Waals surface area contributed by atoms with Crippen LogP contribution in [0.2, 0.25) is 5.02 Å². The first-order chi connectivity index (χ1) is 16.4. The van der Waals surface area contributed by atoms with Crippen molar-refractivity contribution in [1.82, 2.24) is 4.90 Å². The third-order valence-corrected chi connectivity index (χ3v) is 6.91. The number of carboxylic acids is 1. The van der Waals surface area contributed by atoms with Crippen LogP contribution in [0.1, 0.15) is 39.4 Å². The van der Waals surface area contributed by atoms with Gasteiger partial charge in [-0.25, -0.2) is 0 Å². The number of rotatable bonds is 5. The van der Waals surface area contributed by atoms with Crippen molar-refractivity contribution in [2.75, 3.05) is 13.7 Å². The monoisotopic (exact) mass is 499 g/mol. The Balaban J connectivity index is 0.00000289. The molecule has 174 valence electrons. The Hall–Kier alpha value is -2.51. The number of aliphatic carboxylic acids is 1. The number of halogens is 1. The Bertz CT molecular complexity index is 1240. The molecule has 1 aliphatic heterocycles. The van der Waals surface area contributed by atoms with E-state index in [0.29, 0.717) is 34.8 Å². The average Bonchev–Trinajstić information content (AvgIpc) is 3.28. The van der Waals surface area contributed by atoms with Gasteiger partial charge in [0.1, 0.15) is 17.2 Å². The van der Waals surface area contributed by atoms with E-state index in [4.69, 9.17) is 21.1 Å². The van der Waals surface area contributed by atoms with Gasteiger partial charge in [0.05, 0.1) is 11.6 Å². The Morgan fingerprint density at radius 3 is 2.34 bits per heavy atom. The molecule has 0 saturated carbocycles. The number of nitrogens with zero attached hydrogens (tertiary/aromatic N) is 1. The van der Waals surface area contributed by atoms with E-state index in [9.17, 15) is 14.7 Å². The molecule has 0 bridgehead atoms. The SMILES string of the molecule is CN(C(=O)c1ccc(Oc2cc3c(cc2Cl)C(C(=O)[O-])CCO3)cc1)C1Cc2ccccc2C1.[Na+]. The molecule has 1 atom stereocenters. The molecule has 3 aromatic carbocycles. The Morgan fingerprint density at radius 2 is 1.71 bits per heavy atom. The molecule has 1 amide bonds. The minimum atomic E-state index is -1.15. The van der Waals surface area contributed by atoms with E-state index in [2.05, 4.69) is 12.1 Å². The zero-order valence-corrected chi connectivity index (χ0v) is 22.4. The number of amides is 1. The molecular formula is C27H23ClNNaO5. The quantitative estimate of drug-likeness (QED) is 0.489. The number of carbonyl (C=O) groups is 2. The predicted molar refractivity (Wildman–Crippen MR) is 126 cm³/mol. The van der Waals surface area contributed by atoms with Crippen LogP contribution in [-0.2, 0) is 17.6 Å². The van der Waals surface area contributed by atoms with Crippen molar-refractivity contribution in [2.45, 2.75) is 31.2 Å². The molecule has 0 fully saturated rings. The van der Waals surface area contributed by atoms with Gasteiger partial charge >= 0.3 is 29.6 Å². The van der Waals surface area contributed by atoms with Gasteiger partial charge in [-0.3, -0.25) is 4.79 Å². The average molecular weight is 500 g/mol. The van der Waals surface area contributed by atoms with Crippen LogP contribution >= 0.6 is 11.6 Å². The number of hydrogen-bond donors (Lipinski definition) is 0. The molecule has 0 spiro atoms. The zero-order valence-electron chi connectivity index (χ0n) is 19.6. The van der Waals surface area contributed by atoms with Crippen molar-refractivity contribution < 1.29 is 53.7 Å². The fourth-order valence-corrected chi connectivity index (χ4v) is 4.89. The summed E-state index contributed by atoms with van der Waals surface area (Å²) >= 11 is 6.36. The van der Waals surface area contributed by atoms with Gasteiger partial charge < -0.3 is 24.3 Å². The summed E-state index contributed by atoms with van der Waals surface area (Å²) in [6, 6.07) is 18.5. The van der Waals surface area contributed by atoms with Crippen molar-refractivity contribution in [3.63, 3.8) is 0 Å². The summed E-state index contributed by atoms with van der Waals surface area (Å²) in [6.45, 7) is 0.281. The maximum atomic E-state index is 13.0. The molecule has 2 aliphatic rings. The van der Waals surface area contributed by atoms with Crippen LogP contribution in [0, 0.1) is 0 Å². The van der Waals surface area contributed by atoms with E-state index in [0.717, 1.165) is 12.8 Å². The summed E-state index contributed by atoms with van der Waals surface area (Å²) in [5.41, 5.74) is 3.66. The number of carboxylic acid groups (broad SMARTS) is 1. The molecule has 0 radical (unpaired) electrons. The van der Waals surface area contributed by atoms with Crippen LogP contribution < -0.4 is 44.1 Å². The standard InChI is InChI=1S/C27H24ClNO5.Na/c1-29(19-12-17-4-2-3-5-18(17)13-19)26(30)16-6-8-20(9-7-16)34-25-15-24-22(14-23(25)28)21(27(31)32)10-11-33-24;/h2-9,14-15,19,21H,10-13H2,1H3,(H,31,32);/q;+1/p-1. The Morgan fingerprint density at radius 1 is 1.06 bits per heavy atom. The minimum absolute atomic E-state index is 0. The number of carbonyl (C=O) groups excluding carboxylic acids is 2. The van der Waals surface area contributed by atoms with Crippen LogP contribution in [0.4, 0.5) is 0 Å². The van der Waals surface area contributed by atoms with E-state index < -0.39 is 11.9 Å². The zero-order chi connectivity index (χ0) is 23.8. The summed E-state index contributed by atoms with van der Waals surface area (Å²) in [4.78, 5) is 26.3. The summed E-state index contributed by atoms with van der Waals surface area (Å²) in [6.07, 6.45) is 2.05. The van der Waals surface area contributed by atoms with Gasteiger partial charge in [0.25, 0.3) is 5.91 Å². The molecule has 0 saturated heterocycles. The minimum Gasteiger partial charge on any atom is -0.549 e. The number of hydrogen-bond acceptors (Lipinski definition) is 5. The normalized spacial score (nSPS) is 16.3. The van der Waals surface area contributed by atoms with Gasteiger partial charge in [-0.1, -0.05) is 35.9 Å². The van der Waals surface area contributed by atoms with Crippen molar-refractivity contribution in [3.05, 3.63) is 87.9 Å². The van der Waals surface area contributed by atoms with E-state index in [-0.39, 0.29) is 53.1 Å². The van der Waals surface area contributed by atoms with Crippen LogP contribution in [0.15, 0.2) is 60.7 Å². The maximum absolute atomic E-state index is 13.0. The molecule has 0 aromatic heterocycles. The fraction of sp³-hybridized carbons (Fsp3) is 0.259. The first kappa shape index (κ1) is 25.6. The predicted octanol–water partition coefficient (Wildman–Crippen LogP) is 0.992. The number of likely N-dealkylation sites (N-methyl/N-ethyl adjacent to an activating group) is 1. The number of fused-ring (bicyclic) bond motifs is 2. The van der Waals surface area contributed by atoms with Crippen LogP contribution in [-0.4, -0.2) is 36.5 Å². The number of ether oxygens (including phenoxy) is 2. The molecule has 8 heteroatoms. The van der Waals surface area contributed by atoms with Gasteiger partial charge in [0.15, 0.2) is 0 Å². The molecule has 1 unspecified atom stereocenters. The first-order valence-electron chi connectivity index (χ1n) is 11.2. The van der Waals surface area contributed by atoms with Gasteiger partial charge in [0.2, 0.25) is 0 Å². The van der Waals surface area contributed by atoms with Gasteiger partial charge in [-0.2, -0.15) is 0 Å². The second kappa shape index (κ2) is 10.6. The Kier molecular flexibility index (Phi) is 7.77. The van der Waals surface area contributed by atoms with E-state index >= 15 is 0 Å². The summed E-state index contributed by atoms with van der Waals surface area (Å²) < 4.78 is 11.5. The molecule has 5 rings (SSSR count). The summed E-state index contributed by atoms with van der Waals surface area (Å²) in [5, 5.41) is 11.7. The second-order valence-corrected chi connectivity index (χ2v) is 9.11. The molecule has 3 aromatic rings. The summed E-state index contributed by atoms with van der Waals surface area (Å²) in [7, 11) is 1.84. The van der Waals surface area contributed by atoms with Crippen molar-refractivity contribution in [1.29, 1.82) is 0 Å². The molecule has 0 N–H and O–H groups in total. The third-order valence-electron chi connectivity index (χ3n) is 6.61. The number of benzene rings is 3. The van der Waals surface area contributed by atoms with E-state index in [1.165, 1.54) is 11.1 Å². The van der Waals surface area contributed by atoms with Gasteiger partial charge in [-0.15, -0.1) is 0 Å². The maximum Gasteiger partial charge on any atom is 1.00 e. The molecule has 35 heavy (non-hydrogen) atoms. The van der Waals surface area contributed by atoms with Crippen molar-refractivity contribution in [2.24, 2.45) is 0 Å². The van der Waals surface area contributed by atoms with Gasteiger partial charge in [0, 0.05) is 42.2 Å². The summed E-state index contributed by atoms with van der Waals surface area (Å²) in [5.74, 6) is -0.684. The second-order valence-electron chi connectivity index (χ2n) is 8.70. The smallest absolute Gasteiger partial charge is 0.549 e. The van der Waals surface area contributed by atoms with Gasteiger partial charge in [-0.05, 0) is 60.7 Å².